The summed E-state index contributed by atoms with van der Waals surface area (Å²) in [6, 6.07) is 10.0. The maximum atomic E-state index is 11.3. The Balaban J connectivity index is 2.30. The van der Waals surface area contributed by atoms with Gasteiger partial charge in [-0.1, -0.05) is 24.3 Å². The van der Waals surface area contributed by atoms with Gasteiger partial charge in [0, 0.05) is 18.0 Å². The maximum absolute atomic E-state index is 11.3. The molecule has 0 unspecified atom stereocenters. The van der Waals surface area contributed by atoms with Gasteiger partial charge in [-0.05, 0) is 31.6 Å². The van der Waals surface area contributed by atoms with Crippen LogP contribution in [0.3, 0.4) is 0 Å². The molecule has 0 aliphatic heterocycles. The summed E-state index contributed by atoms with van der Waals surface area (Å²) in [5.41, 5.74) is 2.92. The van der Waals surface area contributed by atoms with Crippen molar-refractivity contribution in [1.29, 1.82) is 0 Å². The third-order valence-electron chi connectivity index (χ3n) is 2.70. The Kier molecular flexibility index (Phi) is 3.72. The number of fused-ring (bicyclic) bond motifs is 1. The van der Waals surface area contributed by atoms with Gasteiger partial charge in [0.15, 0.2) is 0 Å². The third kappa shape index (κ3) is 2.74. The van der Waals surface area contributed by atoms with E-state index >= 15 is 0 Å². The minimum Gasteiger partial charge on any atom is -0.353 e. The van der Waals surface area contributed by atoms with E-state index in [0.29, 0.717) is 6.54 Å². The minimum absolute atomic E-state index is 0.0934. The van der Waals surface area contributed by atoms with Gasteiger partial charge in [-0.25, -0.2) is 4.98 Å². The second-order valence-electron chi connectivity index (χ2n) is 4.11. The van der Waals surface area contributed by atoms with Crippen LogP contribution in [0.1, 0.15) is 18.2 Å². The van der Waals surface area contributed by atoms with Crippen LogP contribution in [0.25, 0.3) is 17.0 Å². The molecule has 1 aromatic heterocycles. The lowest BCUT2D eigenvalue weighted by Gasteiger charge is -2.02. The van der Waals surface area contributed by atoms with Gasteiger partial charge in [-0.2, -0.15) is 0 Å². The second-order valence-corrected chi connectivity index (χ2v) is 4.11. The standard InChI is InChI=1S/C15H16N2O/c1-3-16-14(18)10-9-13-8-7-12-6-4-5-11(2)15(12)17-13/h4-10H,3H2,1-2H3,(H,16,18)/b10-9+. The summed E-state index contributed by atoms with van der Waals surface area (Å²) < 4.78 is 0. The summed E-state index contributed by atoms with van der Waals surface area (Å²) in [5, 5.41) is 3.83. The summed E-state index contributed by atoms with van der Waals surface area (Å²) >= 11 is 0. The molecule has 0 aliphatic carbocycles. The van der Waals surface area contributed by atoms with Crippen LogP contribution in [0, 0.1) is 6.92 Å². The number of hydrogen-bond acceptors (Lipinski definition) is 2. The molecular weight excluding hydrogens is 224 g/mol. The molecule has 2 aromatic rings. The zero-order valence-corrected chi connectivity index (χ0v) is 10.6. The molecule has 0 radical (unpaired) electrons. The molecule has 1 aromatic carbocycles. The Morgan fingerprint density at radius 2 is 2.17 bits per heavy atom. The van der Waals surface area contributed by atoms with Crippen LogP contribution in [0.4, 0.5) is 0 Å². The van der Waals surface area contributed by atoms with Gasteiger partial charge in [-0.3, -0.25) is 4.79 Å². The van der Waals surface area contributed by atoms with Crippen LogP contribution >= 0.6 is 0 Å². The van der Waals surface area contributed by atoms with Crippen LogP contribution in [-0.2, 0) is 4.79 Å². The number of carbonyl (C=O) groups excluding carboxylic acids is 1. The number of pyridine rings is 1. The zero-order chi connectivity index (χ0) is 13.0. The van der Waals surface area contributed by atoms with E-state index < -0.39 is 0 Å². The van der Waals surface area contributed by atoms with Crippen molar-refractivity contribution in [1.82, 2.24) is 10.3 Å². The quantitative estimate of drug-likeness (QED) is 0.838. The van der Waals surface area contributed by atoms with E-state index in [9.17, 15) is 4.79 Å². The Labute approximate surface area is 107 Å². The normalized spacial score (nSPS) is 11.0. The van der Waals surface area contributed by atoms with Gasteiger partial charge in [0.25, 0.3) is 0 Å². The average Bonchev–Trinajstić information content (AvgIpc) is 2.37. The lowest BCUT2D eigenvalue weighted by atomic mass is 10.1. The molecular formula is C15H16N2O. The Hall–Kier alpha value is -2.16. The number of aromatic nitrogens is 1. The van der Waals surface area contributed by atoms with E-state index in [1.54, 1.807) is 6.08 Å². The number of para-hydroxylation sites is 1. The molecule has 3 nitrogen and oxygen atoms in total. The molecule has 3 heteroatoms. The first-order chi connectivity index (χ1) is 8.70. The van der Waals surface area contributed by atoms with Crippen LogP contribution < -0.4 is 5.32 Å². The van der Waals surface area contributed by atoms with Crippen molar-refractivity contribution in [2.45, 2.75) is 13.8 Å². The number of hydrogen-bond donors (Lipinski definition) is 1. The molecule has 0 aliphatic rings. The van der Waals surface area contributed by atoms with Crippen molar-refractivity contribution in [2.24, 2.45) is 0 Å². The van der Waals surface area contributed by atoms with E-state index in [1.165, 1.54) is 6.08 Å². The fourth-order valence-corrected chi connectivity index (χ4v) is 1.80. The molecule has 0 bridgehead atoms. The average molecular weight is 240 g/mol. The summed E-state index contributed by atoms with van der Waals surface area (Å²) in [7, 11) is 0. The van der Waals surface area contributed by atoms with Gasteiger partial charge in [0.2, 0.25) is 5.91 Å². The number of carbonyl (C=O) groups is 1. The highest BCUT2D eigenvalue weighted by atomic mass is 16.1. The molecule has 2 rings (SSSR count). The summed E-state index contributed by atoms with van der Waals surface area (Å²) in [6.07, 6.45) is 3.24. The van der Waals surface area contributed by atoms with E-state index in [4.69, 9.17) is 0 Å². The van der Waals surface area contributed by atoms with Gasteiger partial charge in [0.1, 0.15) is 0 Å². The number of likely N-dealkylation sites (N-methyl/N-ethyl adjacent to an activating group) is 1. The van der Waals surface area contributed by atoms with E-state index in [0.717, 1.165) is 22.2 Å². The fraction of sp³-hybridized carbons (Fsp3) is 0.200. The Morgan fingerprint density at radius 1 is 1.33 bits per heavy atom. The van der Waals surface area contributed by atoms with Crippen LogP contribution in [0.2, 0.25) is 0 Å². The topological polar surface area (TPSA) is 42.0 Å². The van der Waals surface area contributed by atoms with Crippen molar-refractivity contribution in [3.05, 3.63) is 47.7 Å². The summed E-state index contributed by atoms with van der Waals surface area (Å²) in [4.78, 5) is 15.9. The smallest absolute Gasteiger partial charge is 0.244 e. The van der Waals surface area contributed by atoms with Crippen molar-refractivity contribution in [2.75, 3.05) is 6.54 Å². The predicted octanol–water partition coefficient (Wildman–Crippen LogP) is 2.69. The largest absolute Gasteiger partial charge is 0.353 e. The van der Waals surface area contributed by atoms with Gasteiger partial charge in [0.05, 0.1) is 11.2 Å². The molecule has 1 amide bonds. The fourth-order valence-electron chi connectivity index (χ4n) is 1.80. The van der Waals surface area contributed by atoms with Crippen molar-refractivity contribution >= 4 is 22.9 Å². The highest BCUT2D eigenvalue weighted by Crippen LogP contribution is 2.16. The van der Waals surface area contributed by atoms with Crippen LogP contribution in [-0.4, -0.2) is 17.4 Å². The van der Waals surface area contributed by atoms with Crippen molar-refractivity contribution in [3.8, 4) is 0 Å². The number of benzene rings is 1. The lowest BCUT2D eigenvalue weighted by Crippen LogP contribution is -2.19. The van der Waals surface area contributed by atoms with E-state index in [-0.39, 0.29) is 5.91 Å². The molecule has 92 valence electrons. The van der Waals surface area contributed by atoms with Crippen molar-refractivity contribution in [3.63, 3.8) is 0 Å². The number of aryl methyl sites for hydroxylation is 1. The zero-order valence-electron chi connectivity index (χ0n) is 10.6. The molecule has 0 spiro atoms. The number of amides is 1. The number of nitrogens with one attached hydrogen (secondary N) is 1. The Morgan fingerprint density at radius 3 is 2.94 bits per heavy atom. The van der Waals surface area contributed by atoms with Gasteiger partial charge < -0.3 is 5.32 Å². The molecule has 0 saturated carbocycles. The molecule has 0 atom stereocenters. The SMILES string of the molecule is CCNC(=O)/C=C/c1ccc2cccc(C)c2n1. The van der Waals surface area contributed by atoms with Gasteiger partial charge in [-0.15, -0.1) is 0 Å². The monoisotopic (exact) mass is 240 g/mol. The van der Waals surface area contributed by atoms with Crippen molar-refractivity contribution < 1.29 is 4.79 Å². The highest BCUT2D eigenvalue weighted by Gasteiger charge is 1.99. The molecule has 1 heterocycles. The number of nitrogens with zero attached hydrogens (tertiary/aromatic N) is 1. The predicted molar refractivity (Wildman–Crippen MR) is 74.2 cm³/mol. The molecule has 0 saturated heterocycles. The molecule has 1 N–H and O–H groups in total. The maximum Gasteiger partial charge on any atom is 0.244 e. The second kappa shape index (κ2) is 5.45. The number of rotatable bonds is 3. The molecule has 18 heavy (non-hydrogen) atoms. The van der Waals surface area contributed by atoms with Crippen LogP contribution in [0.5, 0.6) is 0 Å². The first-order valence-electron chi connectivity index (χ1n) is 6.03. The van der Waals surface area contributed by atoms with Gasteiger partial charge >= 0.3 is 0 Å². The first kappa shape index (κ1) is 12.3. The van der Waals surface area contributed by atoms with E-state index in [2.05, 4.69) is 10.3 Å². The Bertz CT molecular complexity index is 602. The minimum atomic E-state index is -0.0934. The summed E-state index contributed by atoms with van der Waals surface area (Å²) in [5.74, 6) is -0.0934. The van der Waals surface area contributed by atoms with E-state index in [1.807, 2.05) is 44.2 Å². The highest BCUT2D eigenvalue weighted by molar-refractivity contribution is 5.92. The molecule has 0 fully saturated rings. The summed E-state index contributed by atoms with van der Waals surface area (Å²) in [6.45, 7) is 4.56. The lowest BCUT2D eigenvalue weighted by molar-refractivity contribution is -0.116. The van der Waals surface area contributed by atoms with Crippen LogP contribution in [0.15, 0.2) is 36.4 Å². The first-order valence-corrected chi connectivity index (χ1v) is 6.03. The third-order valence-corrected chi connectivity index (χ3v) is 2.70.